The molecule has 1 aliphatic carbocycles. The molecular formula is C21H29N5O4S. The summed E-state index contributed by atoms with van der Waals surface area (Å²) in [5.41, 5.74) is 0.870. The van der Waals surface area contributed by atoms with Crippen LogP contribution in [0.2, 0.25) is 0 Å². The van der Waals surface area contributed by atoms with Crippen LogP contribution in [-0.2, 0) is 9.53 Å². The van der Waals surface area contributed by atoms with Gasteiger partial charge in [-0.3, -0.25) is 20.3 Å². The van der Waals surface area contributed by atoms with E-state index in [0.29, 0.717) is 19.6 Å². The number of thiazole rings is 1. The number of morpholine rings is 1. The van der Waals surface area contributed by atoms with Gasteiger partial charge in [-0.15, -0.1) is 11.3 Å². The first-order valence-electron chi connectivity index (χ1n) is 10.9. The van der Waals surface area contributed by atoms with E-state index in [1.807, 2.05) is 31.2 Å². The number of fused-ring (bicyclic) bond motifs is 1. The van der Waals surface area contributed by atoms with Gasteiger partial charge < -0.3 is 20.3 Å². The van der Waals surface area contributed by atoms with Crippen LogP contribution in [0, 0.1) is 5.92 Å². The predicted molar refractivity (Wildman–Crippen MR) is 116 cm³/mol. The molecule has 5 N–H and O–H groups in total. The van der Waals surface area contributed by atoms with Crippen molar-refractivity contribution in [3.63, 3.8) is 0 Å². The Labute approximate surface area is 184 Å². The van der Waals surface area contributed by atoms with Gasteiger partial charge in [0.05, 0.1) is 41.8 Å². The molecular weight excluding hydrogens is 418 g/mol. The standard InChI is InChI=1S/C21H29N5O4S/c1-11-10-13(17(28)16(11)27)22-18-15(20-23-12-4-2-3-5-14(12)31-20)19(29)25-21(24-18)26-6-8-30-9-7-26/h2-5,11,13,15-18,21-22,24,27-28H,6-10H2,1H3,(H,25,29)/t11-,13+,15?,16+,17-,18?,21?/m0/s1. The molecule has 1 saturated carbocycles. The number of aromatic nitrogens is 1. The maximum absolute atomic E-state index is 13.3. The molecule has 9 nitrogen and oxygen atoms in total. The number of hydrogen-bond acceptors (Lipinski definition) is 9. The molecule has 2 aliphatic heterocycles. The Kier molecular flexibility index (Phi) is 5.95. The lowest BCUT2D eigenvalue weighted by atomic mass is 10.0. The van der Waals surface area contributed by atoms with Gasteiger partial charge in [0.1, 0.15) is 17.2 Å². The van der Waals surface area contributed by atoms with Crippen molar-refractivity contribution in [3.05, 3.63) is 29.3 Å². The molecule has 0 bridgehead atoms. The fourth-order valence-electron chi connectivity index (χ4n) is 4.79. The lowest BCUT2D eigenvalue weighted by Gasteiger charge is -2.44. The van der Waals surface area contributed by atoms with Crippen molar-refractivity contribution in [2.24, 2.45) is 5.92 Å². The van der Waals surface area contributed by atoms with Crippen LogP contribution in [0.25, 0.3) is 10.2 Å². The van der Waals surface area contributed by atoms with Gasteiger partial charge in [-0.25, -0.2) is 4.98 Å². The summed E-state index contributed by atoms with van der Waals surface area (Å²) in [6, 6.07) is 7.54. The minimum atomic E-state index is -0.875. The van der Waals surface area contributed by atoms with Gasteiger partial charge in [-0.2, -0.15) is 0 Å². The molecule has 7 atom stereocenters. The van der Waals surface area contributed by atoms with Crippen LogP contribution < -0.4 is 16.0 Å². The number of aliphatic hydroxyl groups excluding tert-OH is 2. The molecule has 0 spiro atoms. The van der Waals surface area contributed by atoms with E-state index in [1.54, 1.807) is 0 Å². The van der Waals surface area contributed by atoms with Crippen LogP contribution in [0.4, 0.5) is 0 Å². The van der Waals surface area contributed by atoms with E-state index >= 15 is 0 Å². The number of carbonyl (C=O) groups excluding carboxylic acids is 1. The number of nitrogens with one attached hydrogen (secondary N) is 3. The maximum Gasteiger partial charge on any atom is 0.235 e. The molecule has 3 fully saturated rings. The van der Waals surface area contributed by atoms with E-state index in [4.69, 9.17) is 9.72 Å². The fraction of sp³-hybridized carbons (Fsp3) is 0.619. The first kappa shape index (κ1) is 21.2. The maximum atomic E-state index is 13.3. The Morgan fingerprint density at radius 2 is 2.00 bits per heavy atom. The van der Waals surface area contributed by atoms with Crippen molar-refractivity contribution in [1.29, 1.82) is 0 Å². The second-order valence-electron chi connectivity index (χ2n) is 8.67. The number of para-hydroxylation sites is 1. The van der Waals surface area contributed by atoms with Crippen LogP contribution >= 0.6 is 11.3 Å². The van der Waals surface area contributed by atoms with Gasteiger partial charge in [0.15, 0.2) is 0 Å². The van der Waals surface area contributed by atoms with E-state index in [2.05, 4.69) is 20.9 Å². The average molecular weight is 448 g/mol. The zero-order chi connectivity index (χ0) is 21.5. The van der Waals surface area contributed by atoms with Gasteiger partial charge in [0, 0.05) is 19.1 Å². The third-order valence-electron chi connectivity index (χ3n) is 6.58. The number of nitrogens with zero attached hydrogens (tertiary/aromatic N) is 2. The van der Waals surface area contributed by atoms with E-state index in [-0.39, 0.29) is 24.2 Å². The van der Waals surface area contributed by atoms with Crippen LogP contribution in [-0.4, -0.2) is 83.0 Å². The normalized spacial score (nSPS) is 37.3. The topological polar surface area (TPSA) is 119 Å². The van der Waals surface area contributed by atoms with Crippen LogP contribution in [0.1, 0.15) is 24.3 Å². The van der Waals surface area contributed by atoms with E-state index in [1.165, 1.54) is 11.3 Å². The minimum absolute atomic E-state index is 0.0131. The van der Waals surface area contributed by atoms with Crippen molar-refractivity contribution in [2.75, 3.05) is 26.3 Å². The van der Waals surface area contributed by atoms with Gasteiger partial charge in [-0.1, -0.05) is 19.1 Å². The van der Waals surface area contributed by atoms with Crippen LogP contribution in [0.5, 0.6) is 0 Å². The number of ether oxygens (including phenoxy) is 1. The van der Waals surface area contributed by atoms with Gasteiger partial charge in [0.2, 0.25) is 5.91 Å². The fourth-order valence-corrected chi connectivity index (χ4v) is 5.89. The summed E-state index contributed by atoms with van der Waals surface area (Å²) in [4.78, 5) is 20.2. The summed E-state index contributed by atoms with van der Waals surface area (Å²) in [7, 11) is 0. The smallest absolute Gasteiger partial charge is 0.235 e. The number of amides is 1. The summed E-state index contributed by atoms with van der Waals surface area (Å²) >= 11 is 1.51. The van der Waals surface area contributed by atoms with Crippen LogP contribution in [0.15, 0.2) is 24.3 Å². The molecule has 2 aromatic rings. The highest BCUT2D eigenvalue weighted by atomic mass is 32.1. The largest absolute Gasteiger partial charge is 0.390 e. The molecule has 0 radical (unpaired) electrons. The summed E-state index contributed by atoms with van der Waals surface area (Å²) in [6.45, 7) is 4.62. The highest BCUT2D eigenvalue weighted by Crippen LogP contribution is 2.33. The van der Waals surface area contributed by atoms with Gasteiger partial charge in [-0.05, 0) is 24.5 Å². The Bertz CT molecular complexity index is 902. The number of benzene rings is 1. The highest BCUT2D eigenvalue weighted by molar-refractivity contribution is 7.18. The van der Waals surface area contributed by atoms with Crippen molar-refractivity contribution in [3.8, 4) is 0 Å². The average Bonchev–Trinajstić information content (AvgIpc) is 3.30. The van der Waals surface area contributed by atoms with Gasteiger partial charge >= 0.3 is 0 Å². The number of aliphatic hydroxyl groups is 2. The van der Waals surface area contributed by atoms with Crippen molar-refractivity contribution in [1.82, 2.24) is 25.8 Å². The minimum Gasteiger partial charge on any atom is -0.390 e. The quantitative estimate of drug-likeness (QED) is 0.436. The Hall–Kier alpha value is -1.66. The molecule has 3 heterocycles. The first-order valence-corrected chi connectivity index (χ1v) is 11.7. The lowest BCUT2D eigenvalue weighted by Crippen LogP contribution is -2.71. The Morgan fingerprint density at radius 1 is 1.23 bits per heavy atom. The molecule has 1 aromatic heterocycles. The predicted octanol–water partition coefficient (Wildman–Crippen LogP) is -0.239. The third kappa shape index (κ3) is 4.09. The summed E-state index contributed by atoms with van der Waals surface area (Å²) in [5, 5.41) is 31.6. The van der Waals surface area contributed by atoms with Crippen molar-refractivity contribution < 1.29 is 19.7 Å². The number of hydrogen-bond donors (Lipinski definition) is 5. The zero-order valence-electron chi connectivity index (χ0n) is 17.4. The molecule has 10 heteroatoms. The van der Waals surface area contributed by atoms with E-state index in [9.17, 15) is 15.0 Å². The molecule has 3 aliphatic rings. The molecule has 5 rings (SSSR count). The summed E-state index contributed by atoms with van der Waals surface area (Å²) in [5.74, 6) is -0.663. The molecule has 168 valence electrons. The summed E-state index contributed by atoms with van der Waals surface area (Å²) < 4.78 is 6.48. The second kappa shape index (κ2) is 8.70. The third-order valence-corrected chi connectivity index (χ3v) is 7.70. The first-order chi connectivity index (χ1) is 15.0. The lowest BCUT2D eigenvalue weighted by molar-refractivity contribution is -0.131. The second-order valence-corrected chi connectivity index (χ2v) is 9.73. The SMILES string of the molecule is C[C@H]1C[C@@H](NC2NC(N3CCOCC3)NC(=O)C2c2nc3ccccc3s2)[C@H](O)[C@@H]1O. The van der Waals surface area contributed by atoms with Crippen molar-refractivity contribution >= 4 is 27.5 Å². The van der Waals surface area contributed by atoms with Crippen LogP contribution in [0.3, 0.4) is 0 Å². The summed E-state index contributed by atoms with van der Waals surface area (Å²) in [6.07, 6.45) is -1.78. The molecule has 1 aromatic carbocycles. The highest BCUT2D eigenvalue weighted by Gasteiger charge is 2.45. The zero-order valence-corrected chi connectivity index (χ0v) is 18.2. The monoisotopic (exact) mass is 447 g/mol. The molecule has 3 unspecified atom stereocenters. The van der Waals surface area contributed by atoms with E-state index in [0.717, 1.165) is 28.3 Å². The number of rotatable bonds is 4. The molecule has 1 amide bonds. The van der Waals surface area contributed by atoms with Gasteiger partial charge in [0.25, 0.3) is 0 Å². The number of carbonyl (C=O) groups is 1. The molecule has 31 heavy (non-hydrogen) atoms. The van der Waals surface area contributed by atoms with E-state index < -0.39 is 24.3 Å². The molecule has 2 saturated heterocycles. The Morgan fingerprint density at radius 3 is 2.71 bits per heavy atom. The Balaban J connectivity index is 1.43. The van der Waals surface area contributed by atoms with Crippen molar-refractivity contribution in [2.45, 2.75) is 50.0 Å².